The number of carbonyl (C=O) groups excluding carboxylic acids is 2. The summed E-state index contributed by atoms with van der Waals surface area (Å²) in [4.78, 5) is 36.9. The lowest BCUT2D eigenvalue weighted by molar-refractivity contribution is -0.146. The Labute approximate surface area is 184 Å². The molecule has 2 heterocycles. The summed E-state index contributed by atoms with van der Waals surface area (Å²) in [6.07, 6.45) is 2.44. The number of methoxy groups -OCH3 is 1. The molecule has 0 spiro atoms. The molecule has 1 fully saturated rings. The van der Waals surface area contributed by atoms with Crippen LogP contribution in [0.15, 0.2) is 28.8 Å². The average Bonchev–Trinajstić information content (AvgIpc) is 3.09. The van der Waals surface area contributed by atoms with E-state index < -0.39 is 30.2 Å². The maximum absolute atomic E-state index is 12.6. The van der Waals surface area contributed by atoms with Crippen molar-refractivity contribution in [3.8, 4) is 11.5 Å². The first-order valence-electron chi connectivity index (χ1n) is 10.0. The van der Waals surface area contributed by atoms with E-state index in [-0.39, 0.29) is 19.7 Å². The Morgan fingerprint density at radius 1 is 1.34 bits per heavy atom. The van der Waals surface area contributed by atoms with Gasteiger partial charge in [-0.2, -0.15) is 0 Å². The number of aryl methyl sites for hydroxylation is 2. The fourth-order valence-electron chi connectivity index (χ4n) is 3.38. The third-order valence-electron chi connectivity index (χ3n) is 5.14. The second kappa shape index (κ2) is 9.99. The van der Waals surface area contributed by atoms with Crippen LogP contribution in [0.2, 0.25) is 0 Å². The number of ether oxygens (including phenoxy) is 2. The van der Waals surface area contributed by atoms with Crippen molar-refractivity contribution < 1.29 is 33.5 Å². The van der Waals surface area contributed by atoms with Crippen molar-refractivity contribution >= 4 is 23.9 Å². The fourth-order valence-corrected chi connectivity index (χ4v) is 3.38. The largest absolute Gasteiger partial charge is 0.493 e. The number of nitrogens with zero attached hydrogens (tertiary/aromatic N) is 2. The number of carboxylic acid groups (broad SMARTS) is 1. The number of amides is 2. The van der Waals surface area contributed by atoms with E-state index in [2.05, 4.69) is 10.5 Å². The number of hydrogen-bond donors (Lipinski definition) is 2. The summed E-state index contributed by atoms with van der Waals surface area (Å²) < 4.78 is 16.4. The number of piperazine rings is 1. The molecular weight excluding hydrogens is 418 g/mol. The SMILES string of the molecule is COc1cc(/C=C/C(=O)N2CCNC(=O)C2CC(=O)O)ccc1OCc1c(C)noc1C. The van der Waals surface area contributed by atoms with Gasteiger partial charge in [-0.15, -0.1) is 0 Å². The number of benzene rings is 1. The van der Waals surface area contributed by atoms with Gasteiger partial charge in [0.1, 0.15) is 18.4 Å². The number of carbonyl (C=O) groups is 3. The van der Waals surface area contributed by atoms with Crippen LogP contribution in [0.5, 0.6) is 11.5 Å². The molecule has 0 aliphatic carbocycles. The first-order valence-corrected chi connectivity index (χ1v) is 10.0. The van der Waals surface area contributed by atoms with Crippen LogP contribution in [0.25, 0.3) is 6.08 Å². The molecule has 0 saturated carbocycles. The van der Waals surface area contributed by atoms with E-state index in [1.807, 2.05) is 13.8 Å². The lowest BCUT2D eigenvalue weighted by Crippen LogP contribution is -2.57. The second-order valence-corrected chi connectivity index (χ2v) is 7.27. The highest BCUT2D eigenvalue weighted by atomic mass is 16.5. The summed E-state index contributed by atoms with van der Waals surface area (Å²) in [5, 5.41) is 15.5. The molecule has 170 valence electrons. The summed E-state index contributed by atoms with van der Waals surface area (Å²) in [6, 6.07) is 4.16. The van der Waals surface area contributed by atoms with Gasteiger partial charge in [-0.1, -0.05) is 11.2 Å². The van der Waals surface area contributed by atoms with Crippen molar-refractivity contribution in [1.29, 1.82) is 0 Å². The minimum Gasteiger partial charge on any atom is -0.493 e. The number of carboxylic acids is 1. The lowest BCUT2D eigenvalue weighted by Gasteiger charge is -2.33. The molecule has 32 heavy (non-hydrogen) atoms. The van der Waals surface area contributed by atoms with Crippen LogP contribution in [0.3, 0.4) is 0 Å². The van der Waals surface area contributed by atoms with Crippen LogP contribution in [0.4, 0.5) is 0 Å². The molecule has 1 saturated heterocycles. The van der Waals surface area contributed by atoms with Crippen LogP contribution < -0.4 is 14.8 Å². The fraction of sp³-hybridized carbons (Fsp3) is 0.364. The second-order valence-electron chi connectivity index (χ2n) is 7.27. The molecule has 2 N–H and O–H groups in total. The highest BCUT2D eigenvalue weighted by Crippen LogP contribution is 2.30. The summed E-state index contributed by atoms with van der Waals surface area (Å²) in [6.45, 7) is 4.44. The maximum Gasteiger partial charge on any atom is 0.305 e. The van der Waals surface area contributed by atoms with E-state index >= 15 is 0 Å². The van der Waals surface area contributed by atoms with Crippen LogP contribution in [0, 0.1) is 13.8 Å². The standard InChI is InChI=1S/C22H25N3O7/c1-13-16(14(2)32-24-13)12-31-18-6-4-15(10-19(18)30-3)5-7-20(26)25-9-8-23-22(29)17(25)11-21(27)28/h4-7,10,17H,8-9,11-12H2,1-3H3,(H,23,29)(H,27,28)/b7-5+. The molecule has 0 bridgehead atoms. The van der Waals surface area contributed by atoms with Crippen LogP contribution in [0.1, 0.15) is 29.0 Å². The molecule has 2 aromatic rings. The van der Waals surface area contributed by atoms with Gasteiger partial charge in [0.15, 0.2) is 11.5 Å². The average molecular weight is 443 g/mol. The van der Waals surface area contributed by atoms with Crippen LogP contribution >= 0.6 is 0 Å². The summed E-state index contributed by atoms with van der Waals surface area (Å²) in [5.41, 5.74) is 2.30. The highest BCUT2D eigenvalue weighted by molar-refractivity contribution is 5.97. The van der Waals surface area contributed by atoms with Gasteiger partial charge < -0.3 is 29.3 Å². The Bertz CT molecular complexity index is 1020. The van der Waals surface area contributed by atoms with E-state index in [1.54, 1.807) is 24.3 Å². The number of aromatic nitrogens is 1. The van der Waals surface area contributed by atoms with Crippen molar-refractivity contribution in [3.63, 3.8) is 0 Å². The first kappa shape index (κ1) is 22.9. The Kier molecular flexibility index (Phi) is 7.14. The van der Waals surface area contributed by atoms with E-state index in [0.29, 0.717) is 22.8 Å². The minimum atomic E-state index is -1.15. The maximum atomic E-state index is 12.6. The number of hydrogen-bond acceptors (Lipinski definition) is 7. The summed E-state index contributed by atoms with van der Waals surface area (Å²) in [7, 11) is 1.51. The van der Waals surface area contributed by atoms with E-state index in [9.17, 15) is 14.4 Å². The van der Waals surface area contributed by atoms with Crippen molar-refractivity contribution in [2.45, 2.75) is 32.9 Å². The van der Waals surface area contributed by atoms with Gasteiger partial charge >= 0.3 is 5.97 Å². The normalized spacial score (nSPS) is 16.2. The van der Waals surface area contributed by atoms with Crippen LogP contribution in [-0.4, -0.2) is 59.2 Å². The van der Waals surface area contributed by atoms with Crippen molar-refractivity contribution in [3.05, 3.63) is 46.9 Å². The smallest absolute Gasteiger partial charge is 0.305 e. The Hall–Kier alpha value is -3.82. The first-order chi connectivity index (χ1) is 15.3. The van der Waals surface area contributed by atoms with Crippen molar-refractivity contribution in [2.75, 3.05) is 20.2 Å². The molecule has 1 unspecified atom stereocenters. The molecular formula is C22H25N3O7. The van der Waals surface area contributed by atoms with Gasteiger partial charge in [0.05, 0.1) is 24.8 Å². The molecule has 3 rings (SSSR count). The third kappa shape index (κ3) is 5.26. The molecule has 1 aliphatic heterocycles. The topological polar surface area (TPSA) is 131 Å². The zero-order chi connectivity index (χ0) is 23.3. The minimum absolute atomic E-state index is 0.241. The molecule has 0 radical (unpaired) electrons. The molecule has 1 aliphatic rings. The van der Waals surface area contributed by atoms with Gasteiger partial charge in [-0.05, 0) is 37.6 Å². The van der Waals surface area contributed by atoms with Gasteiger partial charge in [0.2, 0.25) is 11.8 Å². The number of rotatable bonds is 8. The number of aliphatic carboxylic acids is 1. The highest BCUT2D eigenvalue weighted by Gasteiger charge is 2.33. The predicted molar refractivity (Wildman–Crippen MR) is 113 cm³/mol. The van der Waals surface area contributed by atoms with Crippen molar-refractivity contribution in [2.24, 2.45) is 0 Å². The molecule has 10 heteroatoms. The van der Waals surface area contributed by atoms with E-state index in [1.165, 1.54) is 18.1 Å². The molecule has 1 aromatic heterocycles. The third-order valence-corrected chi connectivity index (χ3v) is 5.14. The Morgan fingerprint density at radius 2 is 2.12 bits per heavy atom. The van der Waals surface area contributed by atoms with Crippen LogP contribution in [-0.2, 0) is 21.0 Å². The summed E-state index contributed by atoms with van der Waals surface area (Å²) in [5.74, 6) is -0.374. The van der Waals surface area contributed by atoms with E-state index in [4.69, 9.17) is 19.1 Å². The zero-order valence-electron chi connectivity index (χ0n) is 18.1. The molecule has 1 aromatic carbocycles. The molecule has 1 atom stereocenters. The lowest BCUT2D eigenvalue weighted by atomic mass is 10.1. The van der Waals surface area contributed by atoms with Crippen molar-refractivity contribution in [1.82, 2.24) is 15.4 Å². The van der Waals surface area contributed by atoms with E-state index in [0.717, 1.165) is 11.3 Å². The van der Waals surface area contributed by atoms with Gasteiger partial charge in [0, 0.05) is 19.2 Å². The van der Waals surface area contributed by atoms with Gasteiger partial charge in [0.25, 0.3) is 0 Å². The predicted octanol–water partition coefficient (Wildman–Crippen LogP) is 1.69. The molecule has 2 amide bonds. The molecule has 10 nitrogen and oxygen atoms in total. The summed E-state index contributed by atoms with van der Waals surface area (Å²) >= 11 is 0. The quantitative estimate of drug-likeness (QED) is 0.590. The van der Waals surface area contributed by atoms with Gasteiger partial charge in [-0.25, -0.2) is 0 Å². The Balaban J connectivity index is 1.70. The zero-order valence-corrected chi connectivity index (χ0v) is 18.1. The van der Waals surface area contributed by atoms with Gasteiger partial charge in [-0.3, -0.25) is 14.4 Å². The number of nitrogens with one attached hydrogen (secondary N) is 1. The monoisotopic (exact) mass is 443 g/mol. The Morgan fingerprint density at radius 3 is 2.78 bits per heavy atom.